The summed E-state index contributed by atoms with van der Waals surface area (Å²) < 4.78 is 33.6. The first-order valence-corrected chi connectivity index (χ1v) is 22.3. The van der Waals surface area contributed by atoms with Crippen molar-refractivity contribution in [1.82, 2.24) is 14.5 Å². The lowest BCUT2D eigenvalue weighted by atomic mass is 9.37. The summed E-state index contributed by atoms with van der Waals surface area (Å²) in [5, 5.41) is 13.7. The Morgan fingerprint density at radius 2 is 1.63 bits per heavy atom. The molecule has 8 atom stereocenters. The standard InChI is InChI=1S/C45H63N3O5S/c1-42(2)36(31-11-13-32(14-12-31)41(49)50)17-21-44(4)39(42)19-22-43(3)37-18-23-45(20-7-10-38(45)35(37)15-16-40(43)44)46-24-25-47-26-28-48(29-27-47)54(51,52)34-9-6-8-33(30-34)53-5/h6,8-9,11-14,17,30,35,37-40,46H,7,10,15-16,18-29H2,1-5H3,(H,49,50)/t35-,37?,38?,39?,40?,43-,44-,45-/m0/s1. The second-order valence-corrected chi connectivity index (χ2v) is 20.9. The highest BCUT2D eigenvalue weighted by Gasteiger charge is 2.65. The van der Waals surface area contributed by atoms with E-state index in [9.17, 15) is 18.3 Å². The van der Waals surface area contributed by atoms with E-state index >= 15 is 0 Å². The van der Waals surface area contributed by atoms with Crippen LogP contribution in [0.15, 0.2) is 59.5 Å². The van der Waals surface area contributed by atoms with Gasteiger partial charge in [0.1, 0.15) is 5.75 Å². The number of fused-ring (bicyclic) bond motifs is 7. The van der Waals surface area contributed by atoms with Crippen LogP contribution in [-0.2, 0) is 10.0 Å². The normalized spacial score (nSPS) is 36.6. The molecule has 294 valence electrons. The lowest BCUT2D eigenvalue weighted by Gasteiger charge is -2.68. The van der Waals surface area contributed by atoms with Gasteiger partial charge in [0.15, 0.2) is 0 Å². The molecule has 54 heavy (non-hydrogen) atoms. The van der Waals surface area contributed by atoms with Gasteiger partial charge in [-0.2, -0.15) is 4.31 Å². The first-order valence-electron chi connectivity index (χ1n) is 20.9. The lowest BCUT2D eigenvalue weighted by molar-refractivity contribution is -0.172. The van der Waals surface area contributed by atoms with E-state index in [-0.39, 0.29) is 16.4 Å². The van der Waals surface area contributed by atoms with Crippen LogP contribution in [0.4, 0.5) is 0 Å². The number of carbonyl (C=O) groups is 1. The minimum atomic E-state index is -3.54. The van der Waals surface area contributed by atoms with Gasteiger partial charge in [-0.05, 0) is 139 Å². The van der Waals surface area contributed by atoms with E-state index < -0.39 is 16.0 Å². The van der Waals surface area contributed by atoms with Crippen LogP contribution in [-0.4, -0.2) is 80.6 Å². The third-order valence-electron chi connectivity index (χ3n) is 16.4. The monoisotopic (exact) mass is 757 g/mol. The van der Waals surface area contributed by atoms with Gasteiger partial charge >= 0.3 is 5.97 Å². The van der Waals surface area contributed by atoms with Crippen LogP contribution in [0, 0.1) is 45.8 Å². The van der Waals surface area contributed by atoms with Gasteiger partial charge in [0.25, 0.3) is 0 Å². The molecule has 4 unspecified atom stereocenters. The van der Waals surface area contributed by atoms with Gasteiger partial charge < -0.3 is 15.2 Å². The summed E-state index contributed by atoms with van der Waals surface area (Å²) >= 11 is 0. The number of sulfonamides is 1. The van der Waals surface area contributed by atoms with Gasteiger partial charge in [0.2, 0.25) is 10.0 Å². The number of nitrogens with one attached hydrogen (secondary N) is 1. The predicted octanol–water partition coefficient (Wildman–Crippen LogP) is 8.20. The van der Waals surface area contributed by atoms with E-state index in [1.54, 1.807) is 47.8 Å². The van der Waals surface area contributed by atoms with Crippen LogP contribution < -0.4 is 10.1 Å². The van der Waals surface area contributed by atoms with Crippen molar-refractivity contribution in [2.24, 2.45) is 45.8 Å². The molecular weight excluding hydrogens is 695 g/mol. The molecule has 0 bridgehead atoms. The number of ether oxygens (including phenoxy) is 1. The van der Waals surface area contributed by atoms with Crippen LogP contribution in [0.5, 0.6) is 5.75 Å². The van der Waals surface area contributed by atoms with Crippen molar-refractivity contribution in [3.8, 4) is 5.75 Å². The fourth-order valence-electron chi connectivity index (χ4n) is 14.0. The van der Waals surface area contributed by atoms with Gasteiger partial charge in [-0.15, -0.1) is 0 Å². The molecule has 8 nitrogen and oxygen atoms in total. The molecule has 2 N–H and O–H groups in total. The van der Waals surface area contributed by atoms with Crippen LogP contribution in [0.3, 0.4) is 0 Å². The minimum absolute atomic E-state index is 0.0317. The van der Waals surface area contributed by atoms with Crippen molar-refractivity contribution in [2.45, 2.75) is 102 Å². The van der Waals surface area contributed by atoms with Gasteiger partial charge in [0, 0.05) is 50.9 Å². The van der Waals surface area contributed by atoms with E-state index in [0.717, 1.165) is 56.3 Å². The van der Waals surface area contributed by atoms with Crippen molar-refractivity contribution >= 4 is 21.6 Å². The molecule has 0 radical (unpaired) electrons. The summed E-state index contributed by atoms with van der Waals surface area (Å²) in [6.07, 6.45) is 15.5. The number of nitrogens with zero attached hydrogens (tertiary/aromatic N) is 2. The minimum Gasteiger partial charge on any atom is -0.497 e. The molecule has 6 aliphatic rings. The van der Waals surface area contributed by atoms with Crippen LogP contribution >= 0.6 is 0 Å². The van der Waals surface area contributed by atoms with Crippen molar-refractivity contribution in [3.63, 3.8) is 0 Å². The zero-order valence-corrected chi connectivity index (χ0v) is 34.1. The average molecular weight is 758 g/mol. The summed E-state index contributed by atoms with van der Waals surface area (Å²) in [6, 6.07) is 14.4. The number of piperazine rings is 1. The Kier molecular flexibility index (Phi) is 9.92. The van der Waals surface area contributed by atoms with Crippen molar-refractivity contribution < 1.29 is 23.1 Å². The number of benzene rings is 2. The van der Waals surface area contributed by atoms with E-state index in [1.807, 2.05) is 12.1 Å². The zero-order chi connectivity index (χ0) is 38.1. The zero-order valence-electron chi connectivity index (χ0n) is 33.3. The van der Waals surface area contributed by atoms with E-state index in [4.69, 9.17) is 4.74 Å². The molecule has 4 saturated carbocycles. The Labute approximate surface area is 324 Å². The average Bonchev–Trinajstić information content (AvgIpc) is 3.59. The quantitative estimate of drug-likeness (QED) is 0.266. The number of hydrogen-bond acceptors (Lipinski definition) is 6. The number of hydrogen-bond donors (Lipinski definition) is 2. The van der Waals surface area contributed by atoms with Crippen molar-refractivity contribution in [1.29, 1.82) is 0 Å². The smallest absolute Gasteiger partial charge is 0.335 e. The molecule has 0 spiro atoms. The summed E-state index contributed by atoms with van der Waals surface area (Å²) in [5.41, 5.74) is 3.87. The maximum Gasteiger partial charge on any atom is 0.335 e. The molecule has 9 heteroatoms. The SMILES string of the molecule is COc1cccc(S(=O)(=O)N2CCN(CCN[C@]34CCCC3[C@H]3CCC5[C@@](C)(CCC6C(C)(C)C(c7ccc(C(=O)O)cc7)=CC[C@@]65C)C3CC4)CC2)c1. The highest BCUT2D eigenvalue weighted by Crippen LogP contribution is 2.72. The Morgan fingerprint density at radius 3 is 2.35 bits per heavy atom. The van der Waals surface area contributed by atoms with E-state index in [2.05, 4.69) is 44.0 Å². The Morgan fingerprint density at radius 1 is 0.870 bits per heavy atom. The predicted molar refractivity (Wildman–Crippen MR) is 214 cm³/mol. The molecule has 2 aromatic rings. The second-order valence-electron chi connectivity index (χ2n) is 19.0. The molecule has 1 saturated heterocycles. The Hall–Kier alpha value is -2.72. The molecule has 5 fully saturated rings. The summed E-state index contributed by atoms with van der Waals surface area (Å²) in [5.74, 6) is 3.39. The van der Waals surface area contributed by atoms with Crippen molar-refractivity contribution in [3.05, 3.63) is 65.7 Å². The third-order valence-corrected chi connectivity index (χ3v) is 18.3. The number of methoxy groups -OCH3 is 1. The Balaban J connectivity index is 0.908. The van der Waals surface area contributed by atoms with E-state index in [0.29, 0.717) is 40.6 Å². The topological polar surface area (TPSA) is 99.2 Å². The summed E-state index contributed by atoms with van der Waals surface area (Å²) in [4.78, 5) is 14.3. The number of carboxylic acid groups (broad SMARTS) is 1. The van der Waals surface area contributed by atoms with Gasteiger partial charge in [-0.1, -0.05) is 58.4 Å². The highest BCUT2D eigenvalue weighted by atomic mass is 32.2. The molecule has 2 aromatic carbocycles. The molecule has 5 aliphatic carbocycles. The maximum absolute atomic E-state index is 13.4. The summed E-state index contributed by atoms with van der Waals surface area (Å²) in [6.45, 7) is 14.8. The van der Waals surface area contributed by atoms with E-state index in [1.165, 1.54) is 68.9 Å². The van der Waals surface area contributed by atoms with Gasteiger partial charge in [-0.3, -0.25) is 4.90 Å². The van der Waals surface area contributed by atoms with Crippen LogP contribution in [0.2, 0.25) is 0 Å². The highest BCUT2D eigenvalue weighted by molar-refractivity contribution is 7.89. The Bertz CT molecular complexity index is 1870. The molecular formula is C45H63N3O5S. The van der Waals surface area contributed by atoms with Crippen molar-refractivity contribution in [2.75, 3.05) is 46.4 Å². The third kappa shape index (κ3) is 6.19. The van der Waals surface area contributed by atoms with Crippen LogP contribution in [0.25, 0.3) is 5.57 Å². The molecule has 1 heterocycles. The fourth-order valence-corrected chi connectivity index (χ4v) is 15.4. The number of carboxylic acids is 1. The molecule has 8 rings (SSSR count). The van der Waals surface area contributed by atoms with Gasteiger partial charge in [0.05, 0.1) is 17.6 Å². The fraction of sp³-hybridized carbons (Fsp3) is 0.667. The van der Waals surface area contributed by atoms with Crippen LogP contribution in [0.1, 0.15) is 108 Å². The lowest BCUT2D eigenvalue weighted by Crippen LogP contribution is -2.64. The van der Waals surface area contributed by atoms with Gasteiger partial charge in [-0.25, -0.2) is 13.2 Å². The second kappa shape index (κ2) is 14.0. The first kappa shape index (κ1) is 38.2. The number of allylic oxidation sites excluding steroid dienone is 2. The molecule has 0 amide bonds. The summed E-state index contributed by atoms with van der Waals surface area (Å²) in [7, 11) is -1.97. The maximum atomic E-state index is 13.4. The first-order chi connectivity index (χ1) is 25.7. The number of aromatic carboxylic acids is 1. The molecule has 1 aliphatic heterocycles. The largest absolute Gasteiger partial charge is 0.497 e. The molecule has 0 aromatic heterocycles. The number of rotatable bonds is 9.